The number of anilines is 1. The number of nitrogens with zero attached hydrogens (tertiary/aromatic N) is 1. The van der Waals surface area contributed by atoms with Crippen molar-refractivity contribution in [2.75, 3.05) is 31.5 Å². The van der Waals surface area contributed by atoms with Gasteiger partial charge in [0.05, 0.1) is 15.8 Å². The van der Waals surface area contributed by atoms with Gasteiger partial charge in [-0.2, -0.15) is 0 Å². The number of fused-ring (bicyclic) bond motifs is 1. The minimum Gasteiger partial charge on any atom is -0.324 e. The number of amides is 1. The summed E-state index contributed by atoms with van der Waals surface area (Å²) >= 11 is 1.43. The lowest BCUT2D eigenvalue weighted by molar-refractivity contribution is -0.115. The second-order valence-corrected chi connectivity index (χ2v) is 8.48. The van der Waals surface area contributed by atoms with Gasteiger partial charge in [0.2, 0.25) is 15.9 Å². The number of thioether (sulfide) groups is 1. The molecule has 1 aromatic rings. The Bertz CT molecular complexity index is 673. The zero-order chi connectivity index (χ0) is 17.0. The molecule has 1 atom stereocenters. The lowest BCUT2D eigenvalue weighted by Gasteiger charge is -2.22. The number of benzene rings is 1. The van der Waals surface area contributed by atoms with E-state index in [9.17, 15) is 13.2 Å². The van der Waals surface area contributed by atoms with Crippen molar-refractivity contribution in [1.29, 1.82) is 0 Å². The first-order valence-electron chi connectivity index (χ1n) is 7.71. The maximum atomic E-state index is 12.4. The summed E-state index contributed by atoms with van der Waals surface area (Å²) in [5.41, 5.74) is 0.560. The number of hydrogen-bond donors (Lipinski definition) is 2. The molecular formula is C15H23N3O3S2. The Kier molecular flexibility index (Phi) is 6.07. The summed E-state index contributed by atoms with van der Waals surface area (Å²) in [6, 6.07) is 4.84. The highest BCUT2D eigenvalue weighted by Gasteiger charge is 2.25. The Balaban J connectivity index is 2.09. The molecule has 0 saturated heterocycles. The average molecular weight is 358 g/mol. The van der Waals surface area contributed by atoms with Crippen molar-refractivity contribution in [3.63, 3.8) is 0 Å². The van der Waals surface area contributed by atoms with E-state index in [1.54, 1.807) is 12.1 Å². The smallest absolute Gasteiger partial charge is 0.240 e. The molecule has 23 heavy (non-hydrogen) atoms. The number of rotatable bonds is 7. The van der Waals surface area contributed by atoms with Crippen molar-refractivity contribution < 1.29 is 13.2 Å². The zero-order valence-electron chi connectivity index (χ0n) is 13.6. The molecule has 0 spiro atoms. The van der Waals surface area contributed by atoms with E-state index < -0.39 is 10.0 Å². The van der Waals surface area contributed by atoms with Crippen LogP contribution in [0.2, 0.25) is 0 Å². The minimum absolute atomic E-state index is 0.105. The van der Waals surface area contributed by atoms with Gasteiger partial charge >= 0.3 is 0 Å². The molecule has 0 unspecified atom stereocenters. The highest BCUT2D eigenvalue weighted by Crippen LogP contribution is 2.36. The van der Waals surface area contributed by atoms with Gasteiger partial charge in [0.25, 0.3) is 0 Å². The van der Waals surface area contributed by atoms with Gasteiger partial charge in [-0.1, -0.05) is 13.8 Å². The zero-order valence-corrected chi connectivity index (χ0v) is 15.3. The number of nitrogens with one attached hydrogen (secondary N) is 2. The van der Waals surface area contributed by atoms with Crippen LogP contribution in [0.1, 0.15) is 20.8 Å². The van der Waals surface area contributed by atoms with E-state index in [4.69, 9.17) is 0 Å². The Hall–Kier alpha value is -1.09. The van der Waals surface area contributed by atoms with E-state index >= 15 is 0 Å². The molecule has 0 fully saturated rings. The number of carbonyl (C=O) groups is 1. The van der Waals surface area contributed by atoms with Crippen LogP contribution in [0.5, 0.6) is 0 Å². The molecule has 0 aromatic heterocycles. The number of carbonyl (C=O) groups excluding carboxylic acids is 1. The van der Waals surface area contributed by atoms with Gasteiger partial charge in [0.15, 0.2) is 0 Å². The first-order chi connectivity index (χ1) is 10.9. The van der Waals surface area contributed by atoms with E-state index in [-0.39, 0.29) is 16.1 Å². The quantitative estimate of drug-likeness (QED) is 0.777. The van der Waals surface area contributed by atoms with E-state index in [0.29, 0.717) is 18.8 Å². The van der Waals surface area contributed by atoms with Crippen LogP contribution in [0, 0.1) is 0 Å². The van der Waals surface area contributed by atoms with Crippen LogP contribution in [-0.2, 0) is 14.8 Å². The number of sulfonamides is 1. The van der Waals surface area contributed by atoms with Crippen molar-refractivity contribution >= 4 is 33.4 Å². The monoisotopic (exact) mass is 357 g/mol. The van der Waals surface area contributed by atoms with Crippen LogP contribution in [-0.4, -0.2) is 50.7 Å². The molecule has 0 radical (unpaired) electrons. The molecule has 0 bridgehead atoms. The largest absolute Gasteiger partial charge is 0.324 e. The van der Waals surface area contributed by atoms with Crippen LogP contribution < -0.4 is 10.0 Å². The molecule has 2 N–H and O–H groups in total. The Labute approximate surface area is 142 Å². The second-order valence-electron chi connectivity index (χ2n) is 5.33. The van der Waals surface area contributed by atoms with Gasteiger partial charge in [0.1, 0.15) is 0 Å². The van der Waals surface area contributed by atoms with Crippen molar-refractivity contribution in [2.45, 2.75) is 35.8 Å². The summed E-state index contributed by atoms with van der Waals surface area (Å²) in [4.78, 5) is 14.9. The Morgan fingerprint density at radius 3 is 2.65 bits per heavy atom. The molecule has 1 aromatic carbocycles. The van der Waals surface area contributed by atoms with Crippen LogP contribution in [0.4, 0.5) is 5.69 Å². The van der Waals surface area contributed by atoms with Crippen molar-refractivity contribution in [3.05, 3.63) is 18.2 Å². The van der Waals surface area contributed by atoms with E-state index in [0.717, 1.165) is 18.0 Å². The summed E-state index contributed by atoms with van der Waals surface area (Å²) in [6.07, 6.45) is 0. The van der Waals surface area contributed by atoms with Gasteiger partial charge in [-0.3, -0.25) is 4.79 Å². The fourth-order valence-corrected chi connectivity index (χ4v) is 4.29. The van der Waals surface area contributed by atoms with E-state index in [1.807, 2.05) is 20.8 Å². The van der Waals surface area contributed by atoms with Crippen molar-refractivity contribution in [3.8, 4) is 0 Å². The molecule has 128 valence electrons. The molecule has 2 rings (SSSR count). The highest BCUT2D eigenvalue weighted by atomic mass is 32.2. The topological polar surface area (TPSA) is 78.5 Å². The van der Waals surface area contributed by atoms with Gasteiger partial charge in [-0.25, -0.2) is 13.1 Å². The normalized spacial score (nSPS) is 17.9. The molecular weight excluding hydrogens is 334 g/mol. The molecule has 0 saturated carbocycles. The standard InChI is InChI=1S/C15H23N3O3S2/c1-4-18(5-2)9-8-16-23(20,21)12-6-7-14-13(10-12)17-15(19)11(3)22-14/h6-7,10-11,16H,4-5,8-9H2,1-3H3,(H,17,19)/t11-/m1/s1. The maximum absolute atomic E-state index is 12.4. The Morgan fingerprint density at radius 2 is 2.00 bits per heavy atom. The summed E-state index contributed by atoms with van der Waals surface area (Å²) in [5, 5.41) is 2.59. The van der Waals surface area contributed by atoms with Crippen molar-refractivity contribution in [2.24, 2.45) is 0 Å². The summed E-state index contributed by atoms with van der Waals surface area (Å²) in [5.74, 6) is -0.105. The van der Waals surface area contributed by atoms with Crippen LogP contribution >= 0.6 is 11.8 Å². The number of hydrogen-bond acceptors (Lipinski definition) is 5. The van der Waals surface area contributed by atoms with Gasteiger partial charge in [-0.05, 0) is 38.2 Å². The predicted molar refractivity (Wildman–Crippen MR) is 93.4 cm³/mol. The molecule has 8 heteroatoms. The summed E-state index contributed by atoms with van der Waals surface area (Å²) in [7, 11) is -3.57. The first kappa shape index (κ1) is 18.3. The molecule has 1 amide bonds. The predicted octanol–water partition coefficient (Wildman–Crippen LogP) is 1.74. The third-order valence-corrected chi connectivity index (χ3v) is 6.44. The van der Waals surface area contributed by atoms with Crippen LogP contribution in [0.3, 0.4) is 0 Å². The summed E-state index contributed by atoms with van der Waals surface area (Å²) in [6.45, 7) is 8.71. The van der Waals surface area contributed by atoms with E-state index in [1.165, 1.54) is 17.8 Å². The highest BCUT2D eigenvalue weighted by molar-refractivity contribution is 8.01. The molecule has 0 aliphatic carbocycles. The molecule has 6 nitrogen and oxygen atoms in total. The maximum Gasteiger partial charge on any atom is 0.240 e. The van der Waals surface area contributed by atoms with Crippen LogP contribution in [0.25, 0.3) is 0 Å². The SMILES string of the molecule is CCN(CC)CCNS(=O)(=O)c1ccc2c(c1)NC(=O)[C@@H](C)S2. The fraction of sp³-hybridized carbons (Fsp3) is 0.533. The Morgan fingerprint density at radius 1 is 1.30 bits per heavy atom. The molecule has 1 aliphatic heterocycles. The fourth-order valence-electron chi connectivity index (χ4n) is 2.32. The van der Waals surface area contributed by atoms with E-state index in [2.05, 4.69) is 14.9 Å². The van der Waals surface area contributed by atoms with Crippen molar-refractivity contribution in [1.82, 2.24) is 9.62 Å². The van der Waals surface area contributed by atoms with Crippen LogP contribution in [0.15, 0.2) is 28.0 Å². The number of likely N-dealkylation sites (N-methyl/N-ethyl adjacent to an activating group) is 1. The molecule has 1 heterocycles. The third kappa shape index (κ3) is 4.47. The minimum atomic E-state index is -3.57. The lowest BCUT2D eigenvalue weighted by atomic mass is 10.3. The summed E-state index contributed by atoms with van der Waals surface area (Å²) < 4.78 is 27.4. The lowest BCUT2D eigenvalue weighted by Crippen LogP contribution is -2.35. The van der Waals surface area contributed by atoms with Gasteiger partial charge in [0, 0.05) is 18.0 Å². The van der Waals surface area contributed by atoms with Gasteiger partial charge in [-0.15, -0.1) is 11.8 Å². The molecule has 1 aliphatic rings. The van der Waals surface area contributed by atoms with Gasteiger partial charge < -0.3 is 10.2 Å². The third-order valence-electron chi connectivity index (χ3n) is 3.81. The first-order valence-corrected chi connectivity index (χ1v) is 10.1. The average Bonchev–Trinajstić information content (AvgIpc) is 2.52. The second kappa shape index (κ2) is 7.65.